The zero-order valence-electron chi connectivity index (χ0n) is 14.5. The molecule has 0 bridgehead atoms. The van der Waals surface area contributed by atoms with Gasteiger partial charge < -0.3 is 4.74 Å². The molecule has 138 valence electrons. The standard InChI is InChI=1S/C21H18FNO3S/c1-3-4-17(13(2)22)12-26-18-8-7-15-9-14(5-6-16(15)11-18)10-19-20(24)23-21(25)27-19/h3-9,11,19H,1-2,10,12H2,(H,23,24,25)/b17-4-. The van der Waals surface area contributed by atoms with Gasteiger partial charge in [0.05, 0.1) is 5.25 Å². The van der Waals surface area contributed by atoms with Crippen molar-refractivity contribution in [3.8, 4) is 5.75 Å². The largest absolute Gasteiger partial charge is 0.489 e. The molecule has 1 N–H and O–H groups in total. The Balaban J connectivity index is 1.72. The van der Waals surface area contributed by atoms with Crippen LogP contribution in [0, 0.1) is 0 Å². The summed E-state index contributed by atoms with van der Waals surface area (Å²) in [4.78, 5) is 23.0. The zero-order valence-corrected chi connectivity index (χ0v) is 15.4. The first-order chi connectivity index (χ1) is 13.0. The number of imide groups is 1. The lowest BCUT2D eigenvalue weighted by Crippen LogP contribution is -2.25. The molecule has 3 rings (SSSR count). The number of ether oxygens (including phenoxy) is 1. The van der Waals surface area contributed by atoms with Gasteiger partial charge in [-0.1, -0.05) is 61.3 Å². The van der Waals surface area contributed by atoms with Crippen molar-refractivity contribution < 1.29 is 18.7 Å². The monoisotopic (exact) mass is 383 g/mol. The van der Waals surface area contributed by atoms with Gasteiger partial charge in [-0.25, -0.2) is 4.39 Å². The molecule has 2 amide bonds. The number of carbonyl (C=O) groups is 2. The number of hydrogen-bond donors (Lipinski definition) is 1. The smallest absolute Gasteiger partial charge is 0.286 e. The van der Waals surface area contributed by atoms with Crippen molar-refractivity contribution in [2.45, 2.75) is 11.7 Å². The van der Waals surface area contributed by atoms with Gasteiger partial charge in [0, 0.05) is 5.57 Å². The summed E-state index contributed by atoms with van der Waals surface area (Å²) in [6.45, 7) is 6.89. The molecule has 0 saturated carbocycles. The third kappa shape index (κ3) is 4.65. The van der Waals surface area contributed by atoms with Gasteiger partial charge in [0.25, 0.3) is 5.24 Å². The maximum atomic E-state index is 13.3. The Hall–Kier alpha value is -2.86. The fraction of sp³-hybridized carbons (Fsp3) is 0.143. The fourth-order valence-electron chi connectivity index (χ4n) is 2.75. The highest BCUT2D eigenvalue weighted by atomic mass is 32.2. The molecule has 0 radical (unpaired) electrons. The number of hydrogen-bond acceptors (Lipinski definition) is 4. The highest BCUT2D eigenvalue weighted by molar-refractivity contribution is 8.15. The maximum Gasteiger partial charge on any atom is 0.286 e. The molecule has 4 nitrogen and oxygen atoms in total. The van der Waals surface area contributed by atoms with E-state index < -0.39 is 5.83 Å². The molecule has 2 aromatic carbocycles. The minimum absolute atomic E-state index is 0.0625. The van der Waals surface area contributed by atoms with Crippen LogP contribution in [-0.4, -0.2) is 23.0 Å². The van der Waals surface area contributed by atoms with Gasteiger partial charge >= 0.3 is 0 Å². The molecular weight excluding hydrogens is 365 g/mol. The van der Waals surface area contributed by atoms with Gasteiger partial charge in [0.1, 0.15) is 18.2 Å². The minimum Gasteiger partial charge on any atom is -0.489 e. The van der Waals surface area contributed by atoms with Crippen LogP contribution < -0.4 is 10.1 Å². The summed E-state index contributed by atoms with van der Waals surface area (Å²) in [6.07, 6.45) is 3.50. The quantitative estimate of drug-likeness (QED) is 0.704. The number of amides is 2. The second kappa shape index (κ2) is 8.22. The molecule has 2 aromatic rings. The molecular formula is C21H18FNO3S. The summed E-state index contributed by atoms with van der Waals surface area (Å²) < 4.78 is 19.0. The number of carbonyl (C=O) groups excluding carboxylic acids is 2. The van der Waals surface area contributed by atoms with Crippen LogP contribution in [0.15, 0.2) is 73.1 Å². The number of thioether (sulfide) groups is 1. The lowest BCUT2D eigenvalue weighted by atomic mass is 10.0. The molecule has 0 aromatic heterocycles. The summed E-state index contributed by atoms with van der Waals surface area (Å²) >= 11 is 1.02. The van der Waals surface area contributed by atoms with Crippen LogP contribution in [0.4, 0.5) is 9.18 Å². The van der Waals surface area contributed by atoms with E-state index in [-0.39, 0.29) is 23.0 Å². The highest BCUT2D eigenvalue weighted by Crippen LogP contribution is 2.27. The fourth-order valence-corrected chi connectivity index (χ4v) is 3.61. The van der Waals surface area contributed by atoms with E-state index in [2.05, 4.69) is 18.5 Å². The van der Waals surface area contributed by atoms with Crippen molar-refractivity contribution in [3.63, 3.8) is 0 Å². The van der Waals surface area contributed by atoms with E-state index in [1.807, 2.05) is 30.3 Å². The third-order valence-corrected chi connectivity index (χ3v) is 5.11. The van der Waals surface area contributed by atoms with E-state index in [4.69, 9.17) is 4.74 Å². The van der Waals surface area contributed by atoms with Crippen molar-refractivity contribution in [1.29, 1.82) is 0 Å². The van der Waals surface area contributed by atoms with Gasteiger partial charge in [-0.05, 0) is 34.9 Å². The van der Waals surface area contributed by atoms with Crippen molar-refractivity contribution in [2.75, 3.05) is 6.61 Å². The number of allylic oxidation sites excluding steroid dienone is 2. The van der Waals surface area contributed by atoms with Crippen molar-refractivity contribution in [3.05, 3.63) is 78.7 Å². The number of fused-ring (bicyclic) bond motifs is 1. The molecule has 1 heterocycles. The number of nitrogens with one attached hydrogen (secondary N) is 1. The lowest BCUT2D eigenvalue weighted by Gasteiger charge is -2.10. The first-order valence-electron chi connectivity index (χ1n) is 8.29. The van der Waals surface area contributed by atoms with Gasteiger partial charge in [-0.2, -0.15) is 0 Å². The molecule has 1 unspecified atom stereocenters. The number of rotatable bonds is 7. The Bertz CT molecular complexity index is 967. The van der Waals surface area contributed by atoms with E-state index in [1.54, 1.807) is 6.07 Å². The minimum atomic E-state index is -0.548. The van der Waals surface area contributed by atoms with E-state index in [9.17, 15) is 14.0 Å². The van der Waals surface area contributed by atoms with Gasteiger partial charge in [0.15, 0.2) is 0 Å². The van der Waals surface area contributed by atoms with Crippen LogP contribution in [0.2, 0.25) is 0 Å². The number of benzene rings is 2. The van der Waals surface area contributed by atoms with Crippen LogP contribution in [0.1, 0.15) is 5.56 Å². The second-order valence-corrected chi connectivity index (χ2v) is 7.23. The Morgan fingerprint density at radius 1 is 1.22 bits per heavy atom. The van der Waals surface area contributed by atoms with Crippen LogP contribution in [-0.2, 0) is 11.2 Å². The van der Waals surface area contributed by atoms with Gasteiger partial charge in [-0.15, -0.1) is 0 Å². The van der Waals surface area contributed by atoms with Crippen molar-refractivity contribution >= 4 is 33.7 Å². The van der Waals surface area contributed by atoms with Gasteiger partial charge in [-0.3, -0.25) is 14.9 Å². The predicted octanol–water partition coefficient (Wildman–Crippen LogP) is 4.71. The van der Waals surface area contributed by atoms with Crippen molar-refractivity contribution in [2.24, 2.45) is 0 Å². The molecule has 6 heteroatoms. The molecule has 1 saturated heterocycles. The van der Waals surface area contributed by atoms with Crippen LogP contribution in [0.5, 0.6) is 5.75 Å². The number of halogens is 1. The Morgan fingerprint density at radius 2 is 1.96 bits per heavy atom. The van der Waals surface area contributed by atoms with Gasteiger partial charge in [0.2, 0.25) is 5.91 Å². The molecule has 0 aliphatic carbocycles. The Kier molecular flexibility index (Phi) is 5.76. The lowest BCUT2D eigenvalue weighted by molar-refractivity contribution is -0.118. The summed E-state index contributed by atoms with van der Waals surface area (Å²) in [7, 11) is 0. The molecule has 27 heavy (non-hydrogen) atoms. The summed E-state index contributed by atoms with van der Waals surface area (Å²) in [5.74, 6) is -0.179. The van der Waals surface area contributed by atoms with E-state index >= 15 is 0 Å². The first kappa shape index (κ1) is 18.9. The SMILES string of the molecule is C=C/C=C(/COc1ccc2cc(CC3SC(=O)NC3=O)ccc2c1)C(=C)F. The average Bonchev–Trinajstić information content (AvgIpc) is 2.95. The summed E-state index contributed by atoms with van der Waals surface area (Å²) in [5, 5.41) is 3.57. The second-order valence-electron chi connectivity index (χ2n) is 6.05. The molecule has 0 spiro atoms. The van der Waals surface area contributed by atoms with Crippen LogP contribution >= 0.6 is 11.8 Å². The summed E-state index contributed by atoms with van der Waals surface area (Å²) in [5.41, 5.74) is 1.31. The highest BCUT2D eigenvalue weighted by Gasteiger charge is 2.31. The van der Waals surface area contributed by atoms with E-state index in [1.165, 1.54) is 12.2 Å². The Labute approximate surface area is 160 Å². The average molecular weight is 383 g/mol. The topological polar surface area (TPSA) is 55.4 Å². The van der Waals surface area contributed by atoms with E-state index in [0.29, 0.717) is 17.7 Å². The van der Waals surface area contributed by atoms with E-state index in [0.717, 1.165) is 28.1 Å². The first-order valence-corrected chi connectivity index (χ1v) is 9.17. The molecule has 1 aliphatic rings. The van der Waals surface area contributed by atoms with Crippen molar-refractivity contribution in [1.82, 2.24) is 5.32 Å². The maximum absolute atomic E-state index is 13.3. The zero-order chi connectivity index (χ0) is 19.4. The third-order valence-electron chi connectivity index (χ3n) is 4.13. The van der Waals surface area contributed by atoms with Crippen LogP contribution in [0.25, 0.3) is 10.8 Å². The molecule has 1 atom stereocenters. The van der Waals surface area contributed by atoms with Crippen LogP contribution in [0.3, 0.4) is 0 Å². The predicted molar refractivity (Wildman–Crippen MR) is 107 cm³/mol. The summed E-state index contributed by atoms with van der Waals surface area (Å²) in [6, 6.07) is 11.4. The molecule has 1 fully saturated rings. The Morgan fingerprint density at radius 3 is 2.63 bits per heavy atom. The normalized spacial score (nSPS) is 17.1. The molecule has 1 aliphatic heterocycles.